The molecule has 2 aromatic rings. The van der Waals surface area contributed by atoms with Gasteiger partial charge >= 0.3 is 0 Å². The summed E-state index contributed by atoms with van der Waals surface area (Å²) in [6, 6.07) is 8.42. The second kappa shape index (κ2) is 7.62. The van der Waals surface area contributed by atoms with E-state index in [0.717, 1.165) is 48.6 Å². The molecule has 0 bridgehead atoms. The van der Waals surface area contributed by atoms with E-state index in [-0.39, 0.29) is 0 Å². The number of nitrogens with two attached hydrogens (primary N) is 1. The molecule has 0 unspecified atom stereocenters. The molecule has 2 heterocycles. The number of aromatic nitrogens is 2. The third kappa shape index (κ3) is 3.51. The number of nitrogen functional groups attached to an aromatic ring is 1. The maximum atomic E-state index is 6.01. The van der Waals surface area contributed by atoms with Crippen LogP contribution < -0.4 is 11.1 Å². The summed E-state index contributed by atoms with van der Waals surface area (Å²) in [5, 5.41) is 3.48. The minimum absolute atomic E-state index is 0.333. The summed E-state index contributed by atoms with van der Waals surface area (Å²) in [6.45, 7) is 8.67. The third-order valence-corrected chi connectivity index (χ3v) is 4.70. The molecule has 0 amide bonds. The van der Waals surface area contributed by atoms with Gasteiger partial charge in [-0.3, -0.25) is 0 Å². The van der Waals surface area contributed by atoms with Crippen LogP contribution in [0.3, 0.4) is 0 Å². The zero-order valence-electron chi connectivity index (χ0n) is 14.7. The molecule has 5 heteroatoms. The highest BCUT2D eigenvalue weighted by Crippen LogP contribution is 2.30. The first-order valence-electron chi connectivity index (χ1n) is 8.93. The average molecular weight is 325 g/mol. The van der Waals surface area contributed by atoms with Gasteiger partial charge in [-0.1, -0.05) is 38.1 Å². The van der Waals surface area contributed by atoms with E-state index in [0.29, 0.717) is 5.95 Å². The minimum Gasteiger partial charge on any atom is -0.368 e. The molecule has 1 aromatic carbocycles. The minimum atomic E-state index is 0.333. The fourth-order valence-electron chi connectivity index (χ4n) is 3.20. The van der Waals surface area contributed by atoms with Crippen molar-refractivity contribution in [1.29, 1.82) is 0 Å². The maximum absolute atomic E-state index is 6.01. The first kappa shape index (κ1) is 16.7. The van der Waals surface area contributed by atoms with Gasteiger partial charge in [0.15, 0.2) is 0 Å². The van der Waals surface area contributed by atoms with Crippen molar-refractivity contribution in [3.63, 3.8) is 0 Å². The van der Waals surface area contributed by atoms with E-state index in [1.54, 1.807) is 0 Å². The van der Waals surface area contributed by atoms with Crippen molar-refractivity contribution in [2.45, 2.75) is 33.1 Å². The molecule has 1 saturated heterocycles. The van der Waals surface area contributed by atoms with Crippen LogP contribution in [0, 0.1) is 0 Å². The number of nitrogens with zero attached hydrogens (tertiary/aromatic N) is 3. The number of benzene rings is 1. The molecule has 1 aromatic heterocycles. The van der Waals surface area contributed by atoms with Crippen LogP contribution in [0.15, 0.2) is 24.3 Å². The molecular formula is C19H27N5. The quantitative estimate of drug-likeness (QED) is 0.819. The zero-order valence-corrected chi connectivity index (χ0v) is 14.7. The van der Waals surface area contributed by atoms with Gasteiger partial charge in [0.2, 0.25) is 5.95 Å². The molecule has 1 aliphatic rings. The molecule has 24 heavy (non-hydrogen) atoms. The van der Waals surface area contributed by atoms with E-state index in [1.807, 2.05) is 0 Å². The number of nitrogens with one attached hydrogen (secondary N) is 1. The largest absolute Gasteiger partial charge is 0.368 e. The Morgan fingerprint density at radius 2 is 1.92 bits per heavy atom. The Hall–Kier alpha value is -2.14. The Kier molecular flexibility index (Phi) is 5.30. The van der Waals surface area contributed by atoms with E-state index in [9.17, 15) is 0 Å². The summed E-state index contributed by atoms with van der Waals surface area (Å²) in [7, 11) is 0. The van der Waals surface area contributed by atoms with Crippen LogP contribution in [0.4, 0.5) is 11.8 Å². The van der Waals surface area contributed by atoms with Crippen molar-refractivity contribution in [1.82, 2.24) is 14.9 Å². The Morgan fingerprint density at radius 1 is 1.12 bits per heavy atom. The molecule has 128 valence electrons. The Labute approximate surface area is 144 Å². The lowest BCUT2D eigenvalue weighted by Gasteiger charge is -2.30. The van der Waals surface area contributed by atoms with Crippen LogP contribution in [0.2, 0.25) is 0 Å². The molecule has 1 fully saturated rings. The molecule has 0 atom stereocenters. The summed E-state index contributed by atoms with van der Waals surface area (Å²) in [5.74, 6) is 1.21. The van der Waals surface area contributed by atoms with Gasteiger partial charge in [-0.25, -0.2) is 4.98 Å². The second-order valence-electron chi connectivity index (χ2n) is 6.24. The fraction of sp³-hybridized carbons (Fsp3) is 0.474. The monoisotopic (exact) mass is 325 g/mol. The first-order valence-corrected chi connectivity index (χ1v) is 8.93. The van der Waals surface area contributed by atoms with Gasteiger partial charge in [0.1, 0.15) is 5.82 Å². The molecule has 0 spiro atoms. The predicted octanol–water partition coefficient (Wildman–Crippen LogP) is 2.97. The number of hydrogen-bond acceptors (Lipinski definition) is 5. The van der Waals surface area contributed by atoms with E-state index in [4.69, 9.17) is 5.73 Å². The zero-order chi connectivity index (χ0) is 16.9. The summed E-state index contributed by atoms with van der Waals surface area (Å²) < 4.78 is 0. The second-order valence-corrected chi connectivity index (χ2v) is 6.24. The van der Waals surface area contributed by atoms with E-state index in [1.165, 1.54) is 25.1 Å². The summed E-state index contributed by atoms with van der Waals surface area (Å²) >= 11 is 0. The lowest BCUT2D eigenvalue weighted by Crippen LogP contribution is -2.40. The molecular weight excluding hydrogens is 298 g/mol. The van der Waals surface area contributed by atoms with Crippen LogP contribution >= 0.6 is 0 Å². The van der Waals surface area contributed by atoms with Crippen LogP contribution in [0.5, 0.6) is 0 Å². The first-order chi connectivity index (χ1) is 11.7. The molecule has 3 rings (SSSR count). The Balaban J connectivity index is 1.90. The van der Waals surface area contributed by atoms with Crippen LogP contribution in [-0.4, -0.2) is 41.0 Å². The van der Waals surface area contributed by atoms with E-state index >= 15 is 0 Å². The highest BCUT2D eigenvalue weighted by Gasteiger charge is 2.17. The van der Waals surface area contributed by atoms with Crippen LogP contribution in [0.1, 0.15) is 31.4 Å². The van der Waals surface area contributed by atoms with E-state index in [2.05, 4.69) is 58.3 Å². The lowest BCUT2D eigenvalue weighted by molar-refractivity contribution is 0.189. The molecule has 1 aliphatic heterocycles. The number of rotatable bonds is 7. The SMILES string of the molecule is CCc1ccccc1-c1nc(N)nc(NCCN2CCC2)c1CC. The smallest absolute Gasteiger partial charge is 0.222 e. The third-order valence-electron chi connectivity index (χ3n) is 4.70. The number of aryl methyl sites for hydroxylation is 1. The highest BCUT2D eigenvalue weighted by atomic mass is 15.2. The van der Waals surface area contributed by atoms with Crippen molar-refractivity contribution in [3.05, 3.63) is 35.4 Å². The van der Waals surface area contributed by atoms with Crippen molar-refractivity contribution < 1.29 is 0 Å². The topological polar surface area (TPSA) is 67.1 Å². The van der Waals surface area contributed by atoms with Gasteiger partial charge in [-0.15, -0.1) is 0 Å². The van der Waals surface area contributed by atoms with Gasteiger partial charge in [-0.05, 0) is 37.9 Å². The standard InChI is InChI=1S/C19H27N5/c1-3-14-8-5-6-9-16(14)17-15(4-2)18(23-19(20)22-17)21-10-13-24-11-7-12-24/h5-6,8-9H,3-4,7,10-13H2,1-2H3,(H3,20,21,22,23). The molecule has 0 aliphatic carbocycles. The highest BCUT2D eigenvalue weighted by molar-refractivity contribution is 5.72. The van der Waals surface area contributed by atoms with Crippen LogP contribution in [-0.2, 0) is 12.8 Å². The number of anilines is 2. The maximum Gasteiger partial charge on any atom is 0.222 e. The average Bonchev–Trinajstić information content (AvgIpc) is 2.56. The molecule has 0 radical (unpaired) electrons. The fourth-order valence-corrected chi connectivity index (χ4v) is 3.20. The van der Waals surface area contributed by atoms with Crippen molar-refractivity contribution in [2.75, 3.05) is 37.2 Å². The molecule has 3 N–H and O–H groups in total. The molecule has 0 saturated carbocycles. The lowest BCUT2D eigenvalue weighted by atomic mass is 9.98. The Morgan fingerprint density at radius 3 is 2.58 bits per heavy atom. The number of likely N-dealkylation sites (tertiary alicyclic amines) is 1. The van der Waals surface area contributed by atoms with Gasteiger partial charge in [0.25, 0.3) is 0 Å². The molecule has 5 nitrogen and oxygen atoms in total. The predicted molar refractivity (Wildman–Crippen MR) is 100 cm³/mol. The van der Waals surface area contributed by atoms with Crippen LogP contribution in [0.25, 0.3) is 11.3 Å². The van der Waals surface area contributed by atoms with Crippen molar-refractivity contribution in [3.8, 4) is 11.3 Å². The van der Waals surface area contributed by atoms with Crippen molar-refractivity contribution >= 4 is 11.8 Å². The van der Waals surface area contributed by atoms with Gasteiger partial charge < -0.3 is 16.0 Å². The van der Waals surface area contributed by atoms with Gasteiger partial charge in [-0.2, -0.15) is 4.98 Å². The number of hydrogen-bond donors (Lipinski definition) is 2. The van der Waals surface area contributed by atoms with Gasteiger partial charge in [0, 0.05) is 24.2 Å². The normalized spacial score (nSPS) is 14.4. The Bertz CT molecular complexity index is 694. The van der Waals surface area contributed by atoms with E-state index < -0.39 is 0 Å². The summed E-state index contributed by atoms with van der Waals surface area (Å²) in [5.41, 5.74) is 10.6. The summed E-state index contributed by atoms with van der Waals surface area (Å²) in [6.07, 6.45) is 3.17. The summed E-state index contributed by atoms with van der Waals surface area (Å²) in [4.78, 5) is 11.5. The van der Waals surface area contributed by atoms with Crippen molar-refractivity contribution in [2.24, 2.45) is 0 Å². The van der Waals surface area contributed by atoms with Gasteiger partial charge in [0.05, 0.1) is 5.69 Å².